The lowest BCUT2D eigenvalue weighted by Crippen LogP contribution is -2.37. The Morgan fingerprint density at radius 3 is 2.61 bits per heavy atom. The average Bonchev–Trinajstić information content (AvgIpc) is 2.51. The number of urea groups is 1. The molecule has 9 heteroatoms. The monoisotopic (exact) mass is 323 g/mol. The summed E-state index contributed by atoms with van der Waals surface area (Å²) in [4.78, 5) is 37.2. The van der Waals surface area contributed by atoms with Gasteiger partial charge in [-0.1, -0.05) is 26.2 Å². The molecule has 9 nitrogen and oxygen atoms in total. The Balaban J connectivity index is 2.55. The third-order valence-electron chi connectivity index (χ3n) is 3.98. The number of nitrogens with zero attached hydrogens (tertiary/aromatic N) is 2. The van der Waals surface area contributed by atoms with Crippen LogP contribution in [0, 0.1) is 0 Å². The molecule has 0 aromatic carbocycles. The highest BCUT2D eigenvalue weighted by Crippen LogP contribution is 2.30. The summed E-state index contributed by atoms with van der Waals surface area (Å²) in [6, 6.07) is -1.04. The number of rotatable bonds is 4. The first-order valence-electron chi connectivity index (χ1n) is 7.65. The standard InChI is InChI=1S/C14H21N5O4/c1-2-9(17-18-13(15)22)10-11(20)16-14(23)19(12(10)21)8-6-4-3-5-7-8/h8,21H,2-7H2,1H3,(H3,15,18,22)(H,16,20,23). The topological polar surface area (TPSA) is 143 Å². The summed E-state index contributed by atoms with van der Waals surface area (Å²) in [6.45, 7) is 1.70. The molecule has 1 aromatic heterocycles. The van der Waals surface area contributed by atoms with Crippen molar-refractivity contribution in [2.75, 3.05) is 0 Å². The van der Waals surface area contributed by atoms with E-state index in [0.717, 1.165) is 32.1 Å². The van der Waals surface area contributed by atoms with E-state index in [2.05, 4.69) is 10.1 Å². The lowest BCUT2D eigenvalue weighted by molar-refractivity contribution is 0.249. The normalized spacial score (nSPS) is 16.3. The molecule has 1 aromatic rings. The third kappa shape index (κ3) is 3.61. The largest absolute Gasteiger partial charge is 0.494 e. The zero-order valence-corrected chi connectivity index (χ0v) is 13.0. The van der Waals surface area contributed by atoms with Crippen LogP contribution >= 0.6 is 0 Å². The summed E-state index contributed by atoms with van der Waals surface area (Å²) < 4.78 is 1.21. The van der Waals surface area contributed by atoms with Gasteiger partial charge in [0.1, 0.15) is 5.56 Å². The van der Waals surface area contributed by atoms with Crippen molar-refractivity contribution < 1.29 is 9.90 Å². The van der Waals surface area contributed by atoms with Crippen LogP contribution in [0.3, 0.4) is 0 Å². The number of hydrogen-bond acceptors (Lipinski definition) is 5. The lowest BCUT2D eigenvalue weighted by Gasteiger charge is -2.25. The van der Waals surface area contributed by atoms with E-state index in [4.69, 9.17) is 5.73 Å². The molecule has 1 aliphatic carbocycles. The molecule has 0 atom stereocenters. The van der Waals surface area contributed by atoms with Gasteiger partial charge in [-0.2, -0.15) is 5.10 Å². The number of aromatic nitrogens is 2. The number of carbonyl (C=O) groups excluding carboxylic acids is 1. The second kappa shape index (κ2) is 7.12. The highest BCUT2D eigenvalue weighted by Gasteiger charge is 2.24. The minimum atomic E-state index is -0.882. The van der Waals surface area contributed by atoms with Crippen molar-refractivity contribution in [3.63, 3.8) is 0 Å². The summed E-state index contributed by atoms with van der Waals surface area (Å²) in [6.07, 6.45) is 4.80. The van der Waals surface area contributed by atoms with E-state index in [9.17, 15) is 19.5 Å². The van der Waals surface area contributed by atoms with Crippen molar-refractivity contribution in [3.05, 3.63) is 26.4 Å². The molecule has 0 saturated heterocycles. The number of aromatic amines is 1. The maximum absolute atomic E-state index is 12.1. The fourth-order valence-corrected chi connectivity index (χ4v) is 2.91. The van der Waals surface area contributed by atoms with Crippen molar-refractivity contribution in [3.8, 4) is 5.88 Å². The number of primary amides is 1. The molecule has 23 heavy (non-hydrogen) atoms. The molecule has 126 valence electrons. The Bertz CT molecular complexity index is 728. The Morgan fingerprint density at radius 1 is 1.39 bits per heavy atom. The van der Waals surface area contributed by atoms with Crippen molar-refractivity contribution in [2.24, 2.45) is 10.8 Å². The second-order valence-corrected chi connectivity index (χ2v) is 5.51. The van der Waals surface area contributed by atoms with E-state index in [1.54, 1.807) is 6.92 Å². The van der Waals surface area contributed by atoms with Crippen LogP contribution in [0.15, 0.2) is 14.7 Å². The molecule has 2 rings (SSSR count). The number of hydrogen-bond donors (Lipinski definition) is 4. The summed E-state index contributed by atoms with van der Waals surface area (Å²) in [5.41, 5.74) is 5.64. The summed E-state index contributed by atoms with van der Waals surface area (Å²) in [7, 11) is 0. The van der Waals surface area contributed by atoms with Crippen LogP contribution in [0.2, 0.25) is 0 Å². The van der Waals surface area contributed by atoms with E-state index in [1.807, 2.05) is 5.43 Å². The van der Waals surface area contributed by atoms with Crippen LogP contribution < -0.4 is 22.4 Å². The fraction of sp³-hybridized carbons (Fsp3) is 0.571. The van der Waals surface area contributed by atoms with Crippen LogP contribution in [0.5, 0.6) is 5.88 Å². The van der Waals surface area contributed by atoms with Crippen molar-refractivity contribution in [1.29, 1.82) is 0 Å². The predicted molar refractivity (Wildman–Crippen MR) is 84.7 cm³/mol. The maximum atomic E-state index is 12.1. The molecule has 0 radical (unpaired) electrons. The number of carbonyl (C=O) groups is 1. The molecule has 0 unspecified atom stereocenters. The number of hydrazone groups is 1. The van der Waals surface area contributed by atoms with Crippen molar-refractivity contribution in [2.45, 2.75) is 51.5 Å². The smallest absolute Gasteiger partial charge is 0.332 e. The minimum Gasteiger partial charge on any atom is -0.494 e. The van der Waals surface area contributed by atoms with Gasteiger partial charge >= 0.3 is 11.7 Å². The SMILES string of the molecule is CCC(=NNC(N)=O)c1c(O)n(C2CCCCC2)c(=O)[nH]c1=O. The fourth-order valence-electron chi connectivity index (χ4n) is 2.91. The highest BCUT2D eigenvalue weighted by atomic mass is 16.3. The van der Waals surface area contributed by atoms with Crippen molar-refractivity contribution in [1.82, 2.24) is 15.0 Å². The molecule has 2 amide bonds. The number of aromatic hydroxyl groups is 1. The van der Waals surface area contributed by atoms with Gasteiger partial charge in [0.2, 0.25) is 5.88 Å². The average molecular weight is 323 g/mol. The quantitative estimate of drug-likeness (QED) is 0.473. The van der Waals surface area contributed by atoms with Crippen LogP contribution in [0.1, 0.15) is 57.1 Å². The molecule has 1 fully saturated rings. The second-order valence-electron chi connectivity index (χ2n) is 5.51. The van der Waals surface area contributed by atoms with E-state index in [1.165, 1.54) is 4.57 Å². The van der Waals surface area contributed by atoms with Gasteiger partial charge in [0.05, 0.1) is 5.71 Å². The molecule has 0 spiro atoms. The molecule has 0 bridgehead atoms. The van der Waals surface area contributed by atoms with Gasteiger partial charge in [-0.05, 0) is 19.3 Å². The lowest BCUT2D eigenvalue weighted by atomic mass is 9.95. The molecular formula is C14H21N5O4. The van der Waals surface area contributed by atoms with E-state index >= 15 is 0 Å². The van der Waals surface area contributed by atoms with E-state index < -0.39 is 23.2 Å². The first-order valence-corrected chi connectivity index (χ1v) is 7.65. The van der Waals surface area contributed by atoms with Gasteiger partial charge in [-0.3, -0.25) is 14.3 Å². The number of H-pyrrole nitrogens is 1. The number of nitrogens with one attached hydrogen (secondary N) is 2. The van der Waals surface area contributed by atoms with Gasteiger partial charge in [-0.25, -0.2) is 15.0 Å². The highest BCUT2D eigenvalue weighted by molar-refractivity contribution is 6.02. The van der Waals surface area contributed by atoms with E-state index in [0.29, 0.717) is 0 Å². The van der Waals surface area contributed by atoms with Crippen LogP contribution in [0.4, 0.5) is 4.79 Å². The first-order chi connectivity index (χ1) is 11.0. The summed E-state index contributed by atoms with van der Waals surface area (Å²) in [5.74, 6) is -0.419. The Morgan fingerprint density at radius 2 is 2.04 bits per heavy atom. The van der Waals surface area contributed by atoms with Gasteiger partial charge < -0.3 is 10.8 Å². The number of nitrogens with two attached hydrogens (primary N) is 1. The van der Waals surface area contributed by atoms with Gasteiger partial charge in [-0.15, -0.1) is 0 Å². The van der Waals surface area contributed by atoms with E-state index in [-0.39, 0.29) is 23.7 Å². The van der Waals surface area contributed by atoms with Gasteiger partial charge in [0.25, 0.3) is 5.56 Å². The van der Waals surface area contributed by atoms with Gasteiger partial charge in [0, 0.05) is 6.04 Å². The molecular weight excluding hydrogens is 302 g/mol. The zero-order chi connectivity index (χ0) is 17.0. The Hall–Kier alpha value is -2.58. The minimum absolute atomic E-state index is 0.119. The predicted octanol–water partition coefficient (Wildman–Crippen LogP) is 0.530. The first kappa shape index (κ1) is 16.8. The molecule has 1 saturated carbocycles. The van der Waals surface area contributed by atoms with Gasteiger partial charge in [0.15, 0.2) is 0 Å². The molecule has 1 heterocycles. The van der Waals surface area contributed by atoms with Crippen LogP contribution in [-0.2, 0) is 0 Å². The summed E-state index contributed by atoms with van der Waals surface area (Å²) >= 11 is 0. The Labute approximate surface area is 132 Å². The van der Waals surface area contributed by atoms with Crippen LogP contribution in [0.25, 0.3) is 0 Å². The van der Waals surface area contributed by atoms with Crippen LogP contribution in [-0.4, -0.2) is 26.4 Å². The zero-order valence-electron chi connectivity index (χ0n) is 13.0. The molecule has 0 aliphatic heterocycles. The van der Waals surface area contributed by atoms with Crippen molar-refractivity contribution >= 4 is 11.7 Å². The Kier molecular flexibility index (Phi) is 5.20. The summed E-state index contributed by atoms with van der Waals surface area (Å²) in [5, 5.41) is 14.2. The number of amides is 2. The molecule has 5 N–H and O–H groups in total. The maximum Gasteiger partial charge on any atom is 0.332 e. The molecule has 1 aliphatic rings. The third-order valence-corrected chi connectivity index (χ3v) is 3.98.